The zero-order chi connectivity index (χ0) is 8.55. The summed E-state index contributed by atoms with van der Waals surface area (Å²) < 4.78 is 0. The van der Waals surface area contributed by atoms with E-state index in [0.717, 1.165) is 11.0 Å². The molecule has 0 aliphatic carbocycles. The number of nitrogens with one attached hydrogen (secondary N) is 1. The molecule has 2 nitrogen and oxygen atoms in total. The van der Waals surface area contributed by atoms with Crippen LogP contribution in [-0.2, 0) is 0 Å². The second-order valence-corrected chi connectivity index (χ2v) is 3.33. The molecule has 0 amide bonds. The molecule has 62 valence electrons. The van der Waals surface area contributed by atoms with Gasteiger partial charge in [0.05, 0.1) is 17.4 Å². The Balaban J connectivity index is 2.60. The molecule has 0 radical (unpaired) electrons. The third-order valence-corrected chi connectivity index (χ3v) is 2.11. The Hall–Kier alpha value is -1.31. The van der Waals surface area contributed by atoms with E-state index in [0.29, 0.717) is 5.92 Å². The van der Waals surface area contributed by atoms with E-state index in [4.69, 9.17) is 0 Å². The van der Waals surface area contributed by atoms with E-state index >= 15 is 0 Å². The summed E-state index contributed by atoms with van der Waals surface area (Å²) in [5.74, 6) is 0.581. The minimum Gasteiger partial charge on any atom is -0.345 e. The summed E-state index contributed by atoms with van der Waals surface area (Å²) in [6, 6.07) is 6.35. The van der Waals surface area contributed by atoms with Crippen LogP contribution in [0.1, 0.15) is 25.3 Å². The summed E-state index contributed by atoms with van der Waals surface area (Å²) in [5, 5.41) is 0. The Kier molecular flexibility index (Phi) is 1.61. The maximum atomic E-state index is 4.16. The predicted octanol–water partition coefficient (Wildman–Crippen LogP) is 2.69. The second-order valence-electron chi connectivity index (χ2n) is 3.33. The molecule has 2 aromatic rings. The van der Waals surface area contributed by atoms with Gasteiger partial charge in [0.15, 0.2) is 0 Å². The number of hydrogen-bond donors (Lipinski definition) is 1. The van der Waals surface area contributed by atoms with Crippen LogP contribution in [-0.4, -0.2) is 9.97 Å². The molecule has 1 aromatic heterocycles. The maximum absolute atomic E-state index is 4.16. The fourth-order valence-electron chi connectivity index (χ4n) is 1.31. The normalized spacial score (nSPS) is 11.2. The molecule has 0 atom stereocenters. The highest BCUT2D eigenvalue weighted by Gasteiger charge is 2.00. The van der Waals surface area contributed by atoms with E-state index < -0.39 is 0 Å². The number of benzene rings is 1. The Morgan fingerprint density at radius 2 is 2.17 bits per heavy atom. The van der Waals surface area contributed by atoms with Crippen molar-refractivity contribution in [2.75, 3.05) is 0 Å². The Labute approximate surface area is 71.6 Å². The van der Waals surface area contributed by atoms with Gasteiger partial charge in [-0.05, 0) is 23.6 Å². The highest BCUT2D eigenvalue weighted by molar-refractivity contribution is 5.75. The van der Waals surface area contributed by atoms with E-state index in [1.165, 1.54) is 5.56 Å². The van der Waals surface area contributed by atoms with Gasteiger partial charge < -0.3 is 4.98 Å². The third-order valence-electron chi connectivity index (χ3n) is 2.11. The van der Waals surface area contributed by atoms with Crippen LogP contribution < -0.4 is 0 Å². The number of nitrogens with zero attached hydrogens (tertiary/aromatic N) is 1. The lowest BCUT2D eigenvalue weighted by Crippen LogP contribution is -1.85. The average molecular weight is 160 g/mol. The fraction of sp³-hybridized carbons (Fsp3) is 0.300. The van der Waals surface area contributed by atoms with Gasteiger partial charge in [0.2, 0.25) is 0 Å². The molecule has 0 saturated carbocycles. The summed E-state index contributed by atoms with van der Waals surface area (Å²) in [6.45, 7) is 4.38. The molecule has 1 heterocycles. The van der Waals surface area contributed by atoms with Gasteiger partial charge in [0.25, 0.3) is 0 Å². The van der Waals surface area contributed by atoms with E-state index in [2.05, 4.69) is 42.0 Å². The zero-order valence-electron chi connectivity index (χ0n) is 7.33. The highest BCUT2D eigenvalue weighted by atomic mass is 14.9. The Bertz CT molecular complexity index is 387. The van der Waals surface area contributed by atoms with Crippen molar-refractivity contribution in [3.8, 4) is 0 Å². The molecule has 1 aromatic carbocycles. The van der Waals surface area contributed by atoms with Gasteiger partial charge >= 0.3 is 0 Å². The quantitative estimate of drug-likeness (QED) is 0.682. The zero-order valence-corrected chi connectivity index (χ0v) is 7.33. The van der Waals surface area contributed by atoms with E-state index in [-0.39, 0.29) is 0 Å². The van der Waals surface area contributed by atoms with Gasteiger partial charge in [0, 0.05) is 0 Å². The van der Waals surface area contributed by atoms with Gasteiger partial charge in [-0.1, -0.05) is 19.9 Å². The van der Waals surface area contributed by atoms with E-state index in [1.807, 2.05) is 0 Å². The molecule has 0 fully saturated rings. The largest absolute Gasteiger partial charge is 0.345 e. The maximum Gasteiger partial charge on any atom is 0.0931 e. The molecular weight excluding hydrogens is 148 g/mol. The summed E-state index contributed by atoms with van der Waals surface area (Å²) in [4.78, 5) is 7.27. The van der Waals surface area contributed by atoms with Gasteiger partial charge in [-0.15, -0.1) is 0 Å². The summed E-state index contributed by atoms with van der Waals surface area (Å²) in [7, 11) is 0. The van der Waals surface area contributed by atoms with Gasteiger partial charge in [0.1, 0.15) is 0 Å². The van der Waals surface area contributed by atoms with Gasteiger partial charge in [-0.25, -0.2) is 4.98 Å². The Morgan fingerprint density at radius 3 is 2.92 bits per heavy atom. The van der Waals surface area contributed by atoms with Crippen LogP contribution in [0, 0.1) is 0 Å². The lowest BCUT2D eigenvalue weighted by Gasteiger charge is -2.03. The third kappa shape index (κ3) is 1.09. The van der Waals surface area contributed by atoms with Gasteiger partial charge in [-0.2, -0.15) is 0 Å². The smallest absolute Gasteiger partial charge is 0.0931 e. The molecule has 1 N–H and O–H groups in total. The number of imidazole rings is 1. The SMILES string of the molecule is CC(C)c1ccc2nc[nH]c2c1. The second kappa shape index (κ2) is 2.63. The molecular formula is C10H12N2. The molecule has 2 heteroatoms. The number of hydrogen-bond acceptors (Lipinski definition) is 1. The van der Waals surface area contributed by atoms with Gasteiger partial charge in [-0.3, -0.25) is 0 Å². The number of rotatable bonds is 1. The topological polar surface area (TPSA) is 28.7 Å². The molecule has 0 unspecified atom stereocenters. The standard InChI is InChI=1S/C10H12N2/c1-7(2)8-3-4-9-10(5-8)12-6-11-9/h3-7H,1-2H3,(H,11,12). The first-order valence-corrected chi connectivity index (χ1v) is 4.20. The van der Waals surface area contributed by atoms with E-state index in [9.17, 15) is 0 Å². The van der Waals surface area contributed by atoms with Crippen molar-refractivity contribution in [2.45, 2.75) is 19.8 Å². The highest BCUT2D eigenvalue weighted by Crippen LogP contribution is 2.18. The molecule has 0 spiro atoms. The van der Waals surface area contributed by atoms with Crippen LogP contribution in [0.2, 0.25) is 0 Å². The molecule has 0 aliphatic heterocycles. The van der Waals surface area contributed by atoms with Crippen LogP contribution in [0.3, 0.4) is 0 Å². The van der Waals surface area contributed by atoms with Crippen molar-refractivity contribution >= 4 is 11.0 Å². The molecule has 0 saturated heterocycles. The van der Waals surface area contributed by atoms with Crippen LogP contribution in [0.5, 0.6) is 0 Å². The molecule has 0 aliphatic rings. The summed E-state index contributed by atoms with van der Waals surface area (Å²) in [6.07, 6.45) is 1.73. The van der Waals surface area contributed by atoms with Crippen molar-refractivity contribution in [3.63, 3.8) is 0 Å². The van der Waals surface area contributed by atoms with Crippen molar-refractivity contribution in [1.29, 1.82) is 0 Å². The predicted molar refractivity (Wildman–Crippen MR) is 50.2 cm³/mol. The first-order valence-electron chi connectivity index (χ1n) is 4.20. The van der Waals surface area contributed by atoms with Crippen molar-refractivity contribution in [2.24, 2.45) is 0 Å². The van der Waals surface area contributed by atoms with Crippen LogP contribution in [0.25, 0.3) is 11.0 Å². The minimum absolute atomic E-state index is 0.581. The molecule has 0 bridgehead atoms. The first kappa shape index (κ1) is 7.35. The first-order chi connectivity index (χ1) is 5.77. The number of aromatic nitrogens is 2. The average Bonchev–Trinajstić information content (AvgIpc) is 2.49. The lowest BCUT2D eigenvalue weighted by atomic mass is 10.0. The molecule has 2 rings (SSSR count). The van der Waals surface area contributed by atoms with E-state index in [1.54, 1.807) is 6.33 Å². The monoisotopic (exact) mass is 160 g/mol. The van der Waals surface area contributed by atoms with Crippen molar-refractivity contribution in [1.82, 2.24) is 9.97 Å². The van der Waals surface area contributed by atoms with Crippen LogP contribution >= 0.6 is 0 Å². The van der Waals surface area contributed by atoms with Crippen LogP contribution in [0.15, 0.2) is 24.5 Å². The minimum atomic E-state index is 0.581. The Morgan fingerprint density at radius 1 is 1.33 bits per heavy atom. The summed E-state index contributed by atoms with van der Waals surface area (Å²) >= 11 is 0. The summed E-state index contributed by atoms with van der Waals surface area (Å²) in [5.41, 5.74) is 3.52. The molecule has 12 heavy (non-hydrogen) atoms. The number of aromatic amines is 1. The number of fused-ring (bicyclic) bond motifs is 1. The van der Waals surface area contributed by atoms with Crippen molar-refractivity contribution in [3.05, 3.63) is 30.1 Å². The lowest BCUT2D eigenvalue weighted by molar-refractivity contribution is 0.868. The van der Waals surface area contributed by atoms with Crippen molar-refractivity contribution < 1.29 is 0 Å². The number of H-pyrrole nitrogens is 1. The fourth-order valence-corrected chi connectivity index (χ4v) is 1.31. The van der Waals surface area contributed by atoms with Crippen LogP contribution in [0.4, 0.5) is 0 Å².